The van der Waals surface area contributed by atoms with E-state index >= 15 is 0 Å². The molecule has 1 rings (SSSR count). The molecular weight excluding hydrogens is 476 g/mol. The number of nitrogens with one attached hydrogen (secondary N) is 2. The first-order chi connectivity index (χ1) is 17.2. The third kappa shape index (κ3) is 14.2. The normalized spacial score (nSPS) is 15.5. The summed E-state index contributed by atoms with van der Waals surface area (Å²) < 4.78 is 50.4. The lowest BCUT2D eigenvalue weighted by Gasteiger charge is -2.31. The monoisotopic (exact) mass is 516 g/mol. The molecule has 0 saturated heterocycles. The summed E-state index contributed by atoms with van der Waals surface area (Å²) in [5.74, 6) is -0.221. The second kappa shape index (κ2) is 17.9. The quantitative estimate of drug-likeness (QED) is 0.0845. The van der Waals surface area contributed by atoms with Gasteiger partial charge in [-0.2, -0.15) is 13.2 Å². The molecule has 204 valence electrons. The molecular formula is C26H40F4N4O2. The number of allylic oxidation sites excluding steroid dienone is 7. The third-order valence-corrected chi connectivity index (χ3v) is 5.45. The van der Waals surface area contributed by atoms with Gasteiger partial charge in [0.05, 0.1) is 6.42 Å². The van der Waals surface area contributed by atoms with Gasteiger partial charge < -0.3 is 10.4 Å². The highest BCUT2D eigenvalue weighted by Crippen LogP contribution is 2.20. The summed E-state index contributed by atoms with van der Waals surface area (Å²) in [6.07, 6.45) is 10.2. The fraction of sp³-hybridized carbons (Fsp3) is 0.577. The van der Waals surface area contributed by atoms with Crippen LogP contribution in [0.2, 0.25) is 0 Å². The summed E-state index contributed by atoms with van der Waals surface area (Å²) in [5, 5.41) is 15.0. The number of rotatable bonds is 17. The number of aliphatic hydroxyl groups is 1. The number of halogens is 4. The highest BCUT2D eigenvalue weighted by molar-refractivity contribution is 5.96. The number of amides is 1. The van der Waals surface area contributed by atoms with Crippen LogP contribution in [0.15, 0.2) is 59.9 Å². The van der Waals surface area contributed by atoms with E-state index in [0.717, 1.165) is 37.8 Å². The molecule has 1 atom stereocenters. The molecule has 0 aromatic rings. The Kier molecular flexibility index (Phi) is 15.7. The maximum atomic E-state index is 12.8. The van der Waals surface area contributed by atoms with Crippen molar-refractivity contribution in [3.05, 3.63) is 59.9 Å². The molecule has 10 heteroatoms. The highest BCUT2D eigenvalue weighted by Gasteiger charge is 2.25. The summed E-state index contributed by atoms with van der Waals surface area (Å²) in [7, 11) is 0. The van der Waals surface area contributed by atoms with Crippen LogP contribution in [-0.2, 0) is 4.79 Å². The van der Waals surface area contributed by atoms with E-state index in [0.29, 0.717) is 38.2 Å². The topological polar surface area (TPSA) is 67.8 Å². The Morgan fingerprint density at radius 2 is 1.94 bits per heavy atom. The molecule has 0 spiro atoms. The SMILES string of the molecule is CCCCCCN(CCN(CC)C(O)NC(/C=C\CF)=C/CC(F)(F)F)NC(=O)C1=CCC=CC=C1. The van der Waals surface area contributed by atoms with Crippen LogP contribution in [0, 0.1) is 0 Å². The molecule has 6 nitrogen and oxygen atoms in total. The number of carbonyl (C=O) groups is 1. The second-order valence-corrected chi connectivity index (χ2v) is 8.35. The van der Waals surface area contributed by atoms with Crippen molar-refractivity contribution in [2.24, 2.45) is 0 Å². The summed E-state index contributed by atoms with van der Waals surface area (Å²) in [5.41, 5.74) is 3.48. The van der Waals surface area contributed by atoms with Gasteiger partial charge in [0.1, 0.15) is 6.67 Å². The van der Waals surface area contributed by atoms with Crippen molar-refractivity contribution in [1.29, 1.82) is 0 Å². The van der Waals surface area contributed by atoms with Crippen LogP contribution >= 0.6 is 0 Å². The van der Waals surface area contributed by atoms with E-state index in [1.54, 1.807) is 17.9 Å². The van der Waals surface area contributed by atoms with Crippen molar-refractivity contribution in [2.45, 2.75) is 64.9 Å². The Hall–Kier alpha value is -2.43. The summed E-state index contributed by atoms with van der Waals surface area (Å²) in [6, 6.07) is 0. The minimum absolute atomic E-state index is 0.0265. The van der Waals surface area contributed by atoms with Gasteiger partial charge >= 0.3 is 6.18 Å². The first-order valence-electron chi connectivity index (χ1n) is 12.5. The van der Waals surface area contributed by atoms with Crippen LogP contribution in [0.3, 0.4) is 0 Å². The van der Waals surface area contributed by atoms with Crippen molar-refractivity contribution in [2.75, 3.05) is 32.9 Å². The predicted molar refractivity (Wildman–Crippen MR) is 135 cm³/mol. The van der Waals surface area contributed by atoms with E-state index in [1.165, 1.54) is 6.08 Å². The molecule has 3 N–H and O–H groups in total. The number of hydrazine groups is 1. The number of hydrogen-bond donors (Lipinski definition) is 3. The Morgan fingerprint density at radius 3 is 2.61 bits per heavy atom. The number of nitrogens with zero attached hydrogens (tertiary/aromatic N) is 2. The van der Waals surface area contributed by atoms with E-state index in [4.69, 9.17) is 0 Å². The lowest BCUT2D eigenvalue weighted by Crippen LogP contribution is -2.51. The Morgan fingerprint density at radius 1 is 1.17 bits per heavy atom. The number of aliphatic hydroxyl groups excluding tert-OH is 1. The van der Waals surface area contributed by atoms with Crippen molar-refractivity contribution < 1.29 is 27.5 Å². The molecule has 1 unspecified atom stereocenters. The van der Waals surface area contributed by atoms with Crippen LogP contribution < -0.4 is 10.7 Å². The van der Waals surface area contributed by atoms with Crippen LogP contribution in [0.5, 0.6) is 0 Å². The van der Waals surface area contributed by atoms with Crippen molar-refractivity contribution in [3.8, 4) is 0 Å². The molecule has 0 radical (unpaired) electrons. The van der Waals surface area contributed by atoms with Gasteiger partial charge in [-0.3, -0.25) is 15.1 Å². The van der Waals surface area contributed by atoms with Gasteiger partial charge in [0.15, 0.2) is 6.35 Å². The lowest BCUT2D eigenvalue weighted by atomic mass is 10.2. The average Bonchev–Trinajstić information content (AvgIpc) is 3.13. The summed E-state index contributed by atoms with van der Waals surface area (Å²) >= 11 is 0. The number of unbranched alkanes of at least 4 members (excludes halogenated alkanes) is 3. The van der Waals surface area contributed by atoms with Gasteiger partial charge in [-0.1, -0.05) is 69.6 Å². The van der Waals surface area contributed by atoms with E-state index in [1.807, 2.05) is 29.3 Å². The largest absolute Gasteiger partial charge is 0.392 e. The summed E-state index contributed by atoms with van der Waals surface area (Å²) in [6.45, 7) is 4.82. The molecule has 0 saturated carbocycles. The Balaban J connectivity index is 2.81. The molecule has 1 amide bonds. The highest BCUT2D eigenvalue weighted by atomic mass is 19.4. The van der Waals surface area contributed by atoms with Crippen molar-refractivity contribution in [1.82, 2.24) is 20.7 Å². The van der Waals surface area contributed by atoms with Crippen LogP contribution in [0.1, 0.15) is 52.4 Å². The fourth-order valence-electron chi connectivity index (χ4n) is 3.42. The zero-order valence-electron chi connectivity index (χ0n) is 21.2. The smallest absolute Gasteiger partial charge is 0.361 e. The van der Waals surface area contributed by atoms with E-state index in [2.05, 4.69) is 17.7 Å². The maximum absolute atomic E-state index is 12.8. The molecule has 0 aromatic heterocycles. The number of alkyl halides is 4. The molecule has 1 aliphatic rings. The molecule has 36 heavy (non-hydrogen) atoms. The van der Waals surface area contributed by atoms with E-state index in [-0.39, 0.29) is 11.6 Å². The average molecular weight is 517 g/mol. The van der Waals surface area contributed by atoms with E-state index < -0.39 is 25.6 Å². The standard InChI is InChI=1S/C26H40F4N4O2/c1-3-5-6-11-19-34(32-24(35)22-13-9-7-8-10-14-22)21-20-33(4-2)25(36)31-23(15-12-18-27)16-17-26(28,29)30/h7-9,12-16,25,31,36H,3-6,10-11,17-21H2,1-2H3,(H,32,35)/b15-12-,23-16+. The molecule has 0 aliphatic heterocycles. The molecule has 1 aliphatic carbocycles. The number of carbonyl (C=O) groups excluding carboxylic acids is 1. The zero-order valence-corrected chi connectivity index (χ0v) is 21.2. The lowest BCUT2D eigenvalue weighted by molar-refractivity contribution is -0.125. The maximum Gasteiger partial charge on any atom is 0.392 e. The Labute approximate surface area is 212 Å². The molecule has 0 bridgehead atoms. The molecule has 0 aromatic carbocycles. The van der Waals surface area contributed by atoms with Crippen LogP contribution in [0.4, 0.5) is 17.6 Å². The second-order valence-electron chi connectivity index (χ2n) is 8.35. The first kappa shape index (κ1) is 31.6. The van der Waals surface area contributed by atoms with Crippen molar-refractivity contribution in [3.63, 3.8) is 0 Å². The van der Waals surface area contributed by atoms with Crippen LogP contribution in [0.25, 0.3) is 0 Å². The van der Waals surface area contributed by atoms with E-state index in [9.17, 15) is 27.5 Å². The minimum atomic E-state index is -4.42. The van der Waals surface area contributed by atoms with Gasteiger partial charge in [0, 0.05) is 30.9 Å². The predicted octanol–water partition coefficient (Wildman–Crippen LogP) is 4.89. The Bertz CT molecular complexity index is 791. The first-order valence-corrected chi connectivity index (χ1v) is 12.5. The van der Waals surface area contributed by atoms with Crippen molar-refractivity contribution >= 4 is 5.91 Å². The number of hydrogen-bond acceptors (Lipinski definition) is 5. The van der Waals surface area contributed by atoms with Gasteiger partial charge in [-0.25, -0.2) is 9.40 Å². The summed E-state index contributed by atoms with van der Waals surface area (Å²) in [4.78, 5) is 14.4. The van der Waals surface area contributed by atoms with Gasteiger partial charge in [0.2, 0.25) is 0 Å². The third-order valence-electron chi connectivity index (χ3n) is 5.45. The molecule has 0 heterocycles. The van der Waals surface area contributed by atoms with Crippen LogP contribution in [-0.4, -0.2) is 66.3 Å². The minimum Gasteiger partial charge on any atom is -0.361 e. The zero-order chi connectivity index (χ0) is 26.8. The van der Waals surface area contributed by atoms with Gasteiger partial charge in [0.25, 0.3) is 5.91 Å². The molecule has 0 fully saturated rings. The number of likely N-dealkylation sites (N-methyl/N-ethyl adjacent to an activating group) is 1. The van der Waals surface area contributed by atoms with Gasteiger partial charge in [-0.15, -0.1) is 0 Å². The van der Waals surface area contributed by atoms with Gasteiger partial charge in [-0.05, 0) is 31.5 Å². The fourth-order valence-corrected chi connectivity index (χ4v) is 3.42.